The minimum Gasteiger partial charge on any atom is -0.380 e. The van der Waals surface area contributed by atoms with Gasteiger partial charge in [0.2, 0.25) is 0 Å². The molecule has 0 saturated carbocycles. The third-order valence-corrected chi connectivity index (χ3v) is 4.69. The van der Waals surface area contributed by atoms with Gasteiger partial charge in [-0.1, -0.05) is 29.8 Å². The average Bonchev–Trinajstić information content (AvgIpc) is 3.08. The highest BCUT2D eigenvalue weighted by Crippen LogP contribution is 2.27. The fourth-order valence-corrected chi connectivity index (χ4v) is 3.42. The van der Waals surface area contributed by atoms with E-state index in [2.05, 4.69) is 52.1 Å². The van der Waals surface area contributed by atoms with E-state index < -0.39 is 0 Å². The number of anilines is 1. The number of hydrogen-bond acceptors (Lipinski definition) is 4. The van der Waals surface area contributed by atoms with Gasteiger partial charge in [-0.2, -0.15) is 0 Å². The van der Waals surface area contributed by atoms with E-state index in [1.807, 2.05) is 6.20 Å². The van der Waals surface area contributed by atoms with Crippen LogP contribution in [0.5, 0.6) is 0 Å². The van der Waals surface area contributed by atoms with Crippen molar-refractivity contribution in [3.05, 3.63) is 57.3 Å². The van der Waals surface area contributed by atoms with Crippen molar-refractivity contribution in [1.82, 2.24) is 4.98 Å². The molecule has 0 atom stereocenters. The topological polar surface area (TPSA) is 24.9 Å². The monoisotopic (exact) mass is 306 g/mol. The zero-order valence-electron chi connectivity index (χ0n) is 9.97. The molecule has 19 heavy (non-hydrogen) atoms. The zero-order valence-corrected chi connectivity index (χ0v) is 12.4. The molecule has 3 aromatic rings. The number of nitrogens with one attached hydrogen (secondary N) is 1. The van der Waals surface area contributed by atoms with Gasteiger partial charge in [-0.05, 0) is 29.1 Å². The standard InChI is InChI=1S/C14H11ClN2S2/c15-14-17-9-12(19-14)8-16-11-4-1-3-10(7-11)13-5-2-6-18-13/h1-7,9,16H,8H2. The van der Waals surface area contributed by atoms with E-state index >= 15 is 0 Å². The summed E-state index contributed by atoms with van der Waals surface area (Å²) in [4.78, 5) is 6.45. The van der Waals surface area contributed by atoms with Crippen LogP contribution < -0.4 is 5.32 Å². The van der Waals surface area contributed by atoms with Crippen molar-refractivity contribution in [2.75, 3.05) is 5.32 Å². The summed E-state index contributed by atoms with van der Waals surface area (Å²) in [5.41, 5.74) is 2.35. The van der Waals surface area contributed by atoms with Crippen LogP contribution in [0.1, 0.15) is 4.88 Å². The predicted octanol–water partition coefficient (Wildman–Crippen LogP) is 5.14. The molecule has 2 aromatic heterocycles. The molecule has 0 aliphatic rings. The van der Waals surface area contributed by atoms with E-state index in [0.29, 0.717) is 4.47 Å². The summed E-state index contributed by atoms with van der Waals surface area (Å²) in [6, 6.07) is 12.6. The van der Waals surface area contributed by atoms with Crippen LogP contribution in [-0.4, -0.2) is 4.98 Å². The molecule has 3 rings (SSSR count). The van der Waals surface area contributed by atoms with Crippen LogP contribution in [-0.2, 0) is 6.54 Å². The number of benzene rings is 1. The van der Waals surface area contributed by atoms with Gasteiger partial charge in [0.05, 0.1) is 6.54 Å². The number of thiazole rings is 1. The van der Waals surface area contributed by atoms with Crippen molar-refractivity contribution in [2.45, 2.75) is 6.54 Å². The van der Waals surface area contributed by atoms with Crippen LogP contribution in [0, 0.1) is 0 Å². The molecular weight excluding hydrogens is 296 g/mol. The van der Waals surface area contributed by atoms with E-state index in [0.717, 1.165) is 17.1 Å². The number of aromatic nitrogens is 1. The Bertz CT molecular complexity index is 662. The van der Waals surface area contributed by atoms with Gasteiger partial charge < -0.3 is 5.32 Å². The summed E-state index contributed by atoms with van der Waals surface area (Å²) >= 11 is 9.07. The largest absolute Gasteiger partial charge is 0.380 e. The van der Waals surface area contributed by atoms with Crippen molar-refractivity contribution in [2.24, 2.45) is 0 Å². The SMILES string of the molecule is Clc1ncc(CNc2cccc(-c3cccs3)c2)s1. The second-order valence-electron chi connectivity index (χ2n) is 3.99. The molecule has 1 N–H and O–H groups in total. The molecule has 0 aliphatic heterocycles. The van der Waals surface area contributed by atoms with E-state index in [4.69, 9.17) is 11.6 Å². The van der Waals surface area contributed by atoms with Crippen LogP contribution >= 0.6 is 34.3 Å². The lowest BCUT2D eigenvalue weighted by atomic mass is 10.1. The number of hydrogen-bond donors (Lipinski definition) is 1. The number of rotatable bonds is 4. The van der Waals surface area contributed by atoms with E-state index in [-0.39, 0.29) is 0 Å². The normalized spacial score (nSPS) is 10.6. The molecule has 5 heteroatoms. The Hall–Kier alpha value is -1.36. The predicted molar refractivity (Wildman–Crippen MR) is 84.2 cm³/mol. The molecule has 0 spiro atoms. The third kappa shape index (κ3) is 3.15. The Labute approximate surface area is 124 Å². The molecular formula is C14H11ClN2S2. The fourth-order valence-electron chi connectivity index (χ4n) is 1.78. The molecule has 0 unspecified atom stereocenters. The smallest absolute Gasteiger partial charge is 0.183 e. The van der Waals surface area contributed by atoms with Gasteiger partial charge >= 0.3 is 0 Å². The van der Waals surface area contributed by atoms with Gasteiger partial charge in [0.1, 0.15) is 0 Å². The molecule has 0 aliphatic carbocycles. The highest BCUT2D eigenvalue weighted by Gasteiger charge is 2.02. The summed E-state index contributed by atoms with van der Waals surface area (Å²) in [5, 5.41) is 5.49. The Morgan fingerprint density at radius 1 is 1.21 bits per heavy atom. The Balaban J connectivity index is 1.73. The van der Waals surface area contributed by atoms with E-state index in [1.165, 1.54) is 21.8 Å². The second kappa shape index (κ2) is 5.74. The fraction of sp³-hybridized carbons (Fsp3) is 0.0714. The average molecular weight is 307 g/mol. The maximum atomic E-state index is 5.82. The lowest BCUT2D eigenvalue weighted by Gasteiger charge is -2.06. The Morgan fingerprint density at radius 2 is 2.16 bits per heavy atom. The zero-order chi connectivity index (χ0) is 13.1. The molecule has 0 amide bonds. The van der Waals surface area contributed by atoms with Gasteiger partial charge in [0.15, 0.2) is 4.47 Å². The molecule has 0 fully saturated rings. The van der Waals surface area contributed by atoms with Gasteiger partial charge in [0, 0.05) is 21.6 Å². The summed E-state index contributed by atoms with van der Waals surface area (Å²) < 4.78 is 0.587. The van der Waals surface area contributed by atoms with Gasteiger partial charge in [0.25, 0.3) is 0 Å². The van der Waals surface area contributed by atoms with E-state index in [9.17, 15) is 0 Å². The van der Waals surface area contributed by atoms with Crippen molar-refractivity contribution in [3.63, 3.8) is 0 Å². The first-order valence-corrected chi connectivity index (χ1v) is 7.87. The maximum Gasteiger partial charge on any atom is 0.183 e. The van der Waals surface area contributed by atoms with Crippen molar-refractivity contribution >= 4 is 40.0 Å². The minimum absolute atomic E-state index is 0.587. The van der Waals surface area contributed by atoms with E-state index in [1.54, 1.807) is 11.3 Å². The Kier molecular flexibility index (Phi) is 3.82. The van der Waals surface area contributed by atoms with Crippen LogP contribution in [0.3, 0.4) is 0 Å². The number of thiophene rings is 1. The highest BCUT2D eigenvalue weighted by atomic mass is 35.5. The second-order valence-corrected chi connectivity index (χ2v) is 6.64. The summed E-state index contributed by atoms with van der Waals surface area (Å²) in [6.45, 7) is 0.748. The molecule has 2 heterocycles. The van der Waals surface area contributed by atoms with Crippen LogP contribution in [0.25, 0.3) is 10.4 Å². The van der Waals surface area contributed by atoms with Crippen LogP contribution in [0.15, 0.2) is 48.0 Å². The first kappa shape index (κ1) is 12.7. The minimum atomic E-state index is 0.587. The van der Waals surface area contributed by atoms with Crippen molar-refractivity contribution in [1.29, 1.82) is 0 Å². The van der Waals surface area contributed by atoms with Gasteiger partial charge in [-0.3, -0.25) is 0 Å². The first-order chi connectivity index (χ1) is 9.31. The summed E-state index contributed by atoms with van der Waals surface area (Å²) in [6.07, 6.45) is 1.81. The number of nitrogens with zero attached hydrogens (tertiary/aromatic N) is 1. The first-order valence-electron chi connectivity index (χ1n) is 5.79. The highest BCUT2D eigenvalue weighted by molar-refractivity contribution is 7.15. The maximum absolute atomic E-state index is 5.82. The van der Waals surface area contributed by atoms with Crippen molar-refractivity contribution in [3.8, 4) is 10.4 Å². The molecule has 0 saturated heterocycles. The molecule has 0 bridgehead atoms. The van der Waals surface area contributed by atoms with Crippen LogP contribution in [0.4, 0.5) is 5.69 Å². The van der Waals surface area contributed by atoms with Gasteiger partial charge in [-0.15, -0.1) is 22.7 Å². The van der Waals surface area contributed by atoms with Crippen molar-refractivity contribution < 1.29 is 0 Å². The summed E-state index contributed by atoms with van der Waals surface area (Å²) in [7, 11) is 0. The van der Waals surface area contributed by atoms with Crippen LogP contribution in [0.2, 0.25) is 4.47 Å². The quantitative estimate of drug-likeness (QED) is 0.722. The third-order valence-electron chi connectivity index (χ3n) is 2.66. The molecule has 0 radical (unpaired) electrons. The Morgan fingerprint density at radius 3 is 2.89 bits per heavy atom. The lowest BCUT2D eigenvalue weighted by molar-refractivity contribution is 1.18. The molecule has 96 valence electrons. The number of halogens is 1. The molecule has 1 aromatic carbocycles. The van der Waals surface area contributed by atoms with Gasteiger partial charge in [-0.25, -0.2) is 4.98 Å². The summed E-state index contributed by atoms with van der Waals surface area (Å²) in [5.74, 6) is 0. The molecule has 2 nitrogen and oxygen atoms in total. The lowest BCUT2D eigenvalue weighted by Crippen LogP contribution is -1.97.